The van der Waals surface area contributed by atoms with Crippen LogP contribution in [0, 0.1) is 5.82 Å². The minimum Gasteiger partial charge on any atom is -0.502 e. The van der Waals surface area contributed by atoms with Crippen molar-refractivity contribution in [2.75, 3.05) is 0 Å². The van der Waals surface area contributed by atoms with Crippen molar-refractivity contribution in [2.24, 2.45) is 0 Å². The van der Waals surface area contributed by atoms with Crippen molar-refractivity contribution in [2.45, 2.75) is 13.1 Å². The Morgan fingerprint density at radius 3 is 2.39 bits per heavy atom. The van der Waals surface area contributed by atoms with Gasteiger partial charge in [0.15, 0.2) is 0 Å². The third kappa shape index (κ3) is 4.70. The molecule has 0 spiro atoms. The van der Waals surface area contributed by atoms with Crippen LogP contribution in [0.4, 0.5) is 4.39 Å². The number of benzene rings is 1. The first-order valence-corrected chi connectivity index (χ1v) is 6.65. The predicted octanol–water partition coefficient (Wildman–Crippen LogP) is 2.47. The maximum absolute atomic E-state index is 12.9. The van der Waals surface area contributed by atoms with E-state index in [1.807, 2.05) is 0 Å². The fourth-order valence-corrected chi connectivity index (χ4v) is 1.88. The van der Waals surface area contributed by atoms with Crippen LogP contribution in [0.1, 0.15) is 11.3 Å². The van der Waals surface area contributed by atoms with E-state index in [9.17, 15) is 19.1 Å². The molecule has 1 amide bonds. The Balaban J connectivity index is 2.20. The second-order valence-electron chi connectivity index (χ2n) is 4.73. The average molecular weight is 319 g/mol. The molecule has 2 N–H and O–H groups in total. The molecule has 0 saturated carbocycles. The highest BCUT2D eigenvalue weighted by Gasteiger charge is 2.17. The van der Waals surface area contributed by atoms with Gasteiger partial charge in [-0.3, -0.25) is 4.79 Å². The summed E-state index contributed by atoms with van der Waals surface area (Å²) >= 11 is 0. The lowest BCUT2D eigenvalue weighted by Crippen LogP contribution is -2.29. The predicted molar refractivity (Wildman–Crippen MR) is 77.7 cm³/mol. The molecule has 0 fully saturated rings. The topological polar surface area (TPSA) is 91.0 Å². The molecule has 120 valence electrons. The highest BCUT2D eigenvalue weighted by Crippen LogP contribution is 2.12. The minimum atomic E-state index is -1.60. The first-order valence-electron chi connectivity index (χ1n) is 6.65. The Kier molecular flexibility index (Phi) is 5.14. The second-order valence-corrected chi connectivity index (χ2v) is 4.73. The van der Waals surface area contributed by atoms with Crippen molar-refractivity contribution in [3.8, 4) is 0 Å². The fraction of sp³-hybridized carbons (Fsp3) is 0.125. The molecule has 0 aliphatic carbocycles. The van der Waals surface area contributed by atoms with Gasteiger partial charge in [-0.15, -0.1) is 0 Å². The molecule has 1 aromatic heterocycles. The Bertz CT molecular complexity index is 707. The maximum atomic E-state index is 12.9. The molecule has 23 heavy (non-hydrogen) atoms. The normalized spacial score (nSPS) is 11.3. The van der Waals surface area contributed by atoms with Crippen molar-refractivity contribution < 1.29 is 28.6 Å². The van der Waals surface area contributed by atoms with Crippen molar-refractivity contribution in [1.29, 1.82) is 0 Å². The van der Waals surface area contributed by atoms with Gasteiger partial charge in [0.05, 0.1) is 18.9 Å². The summed E-state index contributed by atoms with van der Waals surface area (Å²) in [4.78, 5) is 24.1. The Morgan fingerprint density at radius 1 is 1.13 bits per heavy atom. The van der Waals surface area contributed by atoms with E-state index < -0.39 is 23.5 Å². The van der Waals surface area contributed by atoms with Crippen molar-refractivity contribution in [3.05, 3.63) is 71.6 Å². The first-order chi connectivity index (χ1) is 11.0. The lowest BCUT2D eigenvalue weighted by molar-refractivity contribution is -0.136. The zero-order valence-corrected chi connectivity index (χ0v) is 12.0. The van der Waals surface area contributed by atoms with E-state index in [0.717, 1.165) is 0 Å². The number of amides is 1. The van der Waals surface area contributed by atoms with Gasteiger partial charge in [-0.2, -0.15) is 0 Å². The van der Waals surface area contributed by atoms with Gasteiger partial charge in [0.25, 0.3) is 5.91 Å². The fourth-order valence-electron chi connectivity index (χ4n) is 1.88. The van der Waals surface area contributed by atoms with Crippen LogP contribution >= 0.6 is 0 Å². The Labute approximate surface area is 131 Å². The summed E-state index contributed by atoms with van der Waals surface area (Å²) in [6.07, 6.45) is 2.06. The van der Waals surface area contributed by atoms with Gasteiger partial charge in [0.1, 0.15) is 11.6 Å². The van der Waals surface area contributed by atoms with E-state index >= 15 is 0 Å². The van der Waals surface area contributed by atoms with Gasteiger partial charge in [-0.05, 0) is 29.8 Å². The molecule has 6 nitrogen and oxygen atoms in total. The number of carboxylic acids is 1. The number of hydrogen-bond donors (Lipinski definition) is 2. The summed E-state index contributed by atoms with van der Waals surface area (Å²) < 4.78 is 18.1. The molecule has 0 radical (unpaired) electrons. The van der Waals surface area contributed by atoms with Gasteiger partial charge >= 0.3 is 5.97 Å². The van der Waals surface area contributed by atoms with Crippen LogP contribution in [0.25, 0.3) is 0 Å². The lowest BCUT2D eigenvalue weighted by Gasteiger charge is -2.20. The van der Waals surface area contributed by atoms with E-state index in [1.54, 1.807) is 12.1 Å². The number of aliphatic carboxylic acids is 1. The first kappa shape index (κ1) is 16.3. The van der Waals surface area contributed by atoms with Gasteiger partial charge in [0, 0.05) is 6.54 Å². The van der Waals surface area contributed by atoms with E-state index in [4.69, 9.17) is 9.52 Å². The van der Waals surface area contributed by atoms with Crippen LogP contribution in [0.2, 0.25) is 0 Å². The van der Waals surface area contributed by atoms with Crippen molar-refractivity contribution >= 4 is 11.9 Å². The lowest BCUT2D eigenvalue weighted by atomic mass is 10.2. The smallest absolute Gasteiger partial charge is 0.371 e. The molecular formula is C16H14FNO5. The number of rotatable bonds is 6. The zero-order chi connectivity index (χ0) is 16.8. The summed E-state index contributed by atoms with van der Waals surface area (Å²) in [5.41, 5.74) is 0.648. The van der Waals surface area contributed by atoms with Gasteiger partial charge in [-0.25, -0.2) is 9.18 Å². The number of nitrogens with zero attached hydrogens (tertiary/aromatic N) is 1. The van der Waals surface area contributed by atoms with Crippen LogP contribution in [0.5, 0.6) is 0 Å². The summed E-state index contributed by atoms with van der Waals surface area (Å²) in [5, 5.41) is 17.9. The van der Waals surface area contributed by atoms with Gasteiger partial charge < -0.3 is 19.5 Å². The molecular weight excluding hydrogens is 305 g/mol. The largest absolute Gasteiger partial charge is 0.502 e. The van der Waals surface area contributed by atoms with Crippen LogP contribution in [-0.2, 0) is 22.7 Å². The quantitative estimate of drug-likeness (QED) is 0.630. The average Bonchev–Trinajstić information content (AvgIpc) is 3.01. The summed E-state index contributed by atoms with van der Waals surface area (Å²) in [6.45, 7) is 0.176. The molecule has 0 saturated heterocycles. The molecule has 1 heterocycles. The Morgan fingerprint density at radius 2 is 1.83 bits per heavy atom. The minimum absolute atomic E-state index is 0.0760. The number of carbonyl (C=O) groups excluding carboxylic acids is 1. The standard InChI is InChI=1S/C16H14FNO5/c17-12-5-3-11(4-6-12)9-18(10-13-2-1-7-23-13)15(20)8-14(19)16(21)22/h1-8,19H,9-10H2,(H,21,22). The molecule has 0 aliphatic rings. The molecule has 1 aromatic carbocycles. The molecule has 0 unspecified atom stereocenters. The number of aliphatic hydroxyl groups excluding tert-OH is 1. The SMILES string of the molecule is O=C(O)C(O)=CC(=O)N(Cc1ccc(F)cc1)Cc1ccco1. The molecule has 0 atom stereocenters. The molecule has 2 aromatic rings. The monoisotopic (exact) mass is 319 g/mol. The second kappa shape index (κ2) is 7.26. The third-order valence-electron chi connectivity index (χ3n) is 3.00. The van der Waals surface area contributed by atoms with Crippen molar-refractivity contribution in [3.63, 3.8) is 0 Å². The van der Waals surface area contributed by atoms with Crippen LogP contribution in [0.3, 0.4) is 0 Å². The summed E-state index contributed by atoms with van der Waals surface area (Å²) in [6, 6.07) is 8.86. The van der Waals surface area contributed by atoms with E-state index in [-0.39, 0.29) is 13.1 Å². The van der Waals surface area contributed by atoms with E-state index in [2.05, 4.69) is 0 Å². The molecule has 0 bridgehead atoms. The van der Waals surface area contributed by atoms with Crippen LogP contribution < -0.4 is 0 Å². The molecule has 0 aliphatic heterocycles. The number of aliphatic hydroxyl groups is 1. The zero-order valence-electron chi connectivity index (χ0n) is 12.0. The Hall–Kier alpha value is -3.09. The van der Waals surface area contributed by atoms with Gasteiger partial charge in [-0.1, -0.05) is 12.1 Å². The third-order valence-corrected chi connectivity index (χ3v) is 3.00. The van der Waals surface area contributed by atoms with E-state index in [0.29, 0.717) is 17.4 Å². The number of carboxylic acid groups (broad SMARTS) is 1. The van der Waals surface area contributed by atoms with Crippen LogP contribution in [0.15, 0.2) is 58.9 Å². The summed E-state index contributed by atoms with van der Waals surface area (Å²) in [7, 11) is 0. The molecule has 7 heteroatoms. The van der Waals surface area contributed by atoms with Crippen LogP contribution in [-0.4, -0.2) is 27.0 Å². The van der Waals surface area contributed by atoms with E-state index in [1.165, 1.54) is 35.4 Å². The maximum Gasteiger partial charge on any atom is 0.371 e. The number of furan rings is 1. The number of carbonyl (C=O) groups is 2. The highest BCUT2D eigenvalue weighted by molar-refractivity contribution is 5.95. The molecule has 2 rings (SSSR count). The number of halogens is 1. The highest BCUT2D eigenvalue weighted by atomic mass is 19.1. The number of hydrogen-bond acceptors (Lipinski definition) is 4. The van der Waals surface area contributed by atoms with Crippen molar-refractivity contribution in [1.82, 2.24) is 4.90 Å². The van der Waals surface area contributed by atoms with Gasteiger partial charge in [0.2, 0.25) is 5.76 Å². The summed E-state index contributed by atoms with van der Waals surface area (Å²) in [5.74, 6) is -3.27.